The molecule has 0 bridgehead atoms. The SMILES string of the molecule is CC1CC(C(=O)O)CN(C(=O)Nc2cc(C(F)(F)F)ccc2F)C1. The van der Waals surface area contributed by atoms with E-state index in [1.807, 2.05) is 0 Å². The maximum Gasteiger partial charge on any atom is 0.416 e. The number of carbonyl (C=O) groups excluding carboxylic acids is 1. The Balaban J connectivity index is 2.16. The van der Waals surface area contributed by atoms with E-state index >= 15 is 0 Å². The summed E-state index contributed by atoms with van der Waals surface area (Å²) in [5.41, 5.74) is -1.69. The van der Waals surface area contributed by atoms with Gasteiger partial charge in [0.1, 0.15) is 5.82 Å². The van der Waals surface area contributed by atoms with Crippen LogP contribution in [0.1, 0.15) is 18.9 Å². The first-order valence-electron chi connectivity index (χ1n) is 7.23. The number of hydrogen-bond donors (Lipinski definition) is 2. The highest BCUT2D eigenvalue weighted by Crippen LogP contribution is 2.32. The van der Waals surface area contributed by atoms with E-state index in [1.54, 1.807) is 6.92 Å². The standard InChI is InChI=1S/C15H16F4N2O3/c1-8-4-9(13(22)23)7-21(6-8)14(24)20-12-5-10(15(17,18)19)2-3-11(12)16/h2-3,5,8-9H,4,6-7H2,1H3,(H,20,24)(H,22,23). The van der Waals surface area contributed by atoms with Gasteiger partial charge in [0.25, 0.3) is 0 Å². The summed E-state index contributed by atoms with van der Waals surface area (Å²) < 4.78 is 51.7. The maximum atomic E-state index is 13.7. The summed E-state index contributed by atoms with van der Waals surface area (Å²) in [6.07, 6.45) is -4.27. The van der Waals surface area contributed by atoms with E-state index in [4.69, 9.17) is 5.11 Å². The fourth-order valence-electron chi connectivity index (χ4n) is 2.69. The second-order valence-corrected chi connectivity index (χ2v) is 5.90. The predicted octanol–water partition coefficient (Wildman–Crippen LogP) is 3.42. The molecule has 24 heavy (non-hydrogen) atoms. The van der Waals surface area contributed by atoms with Gasteiger partial charge in [-0.1, -0.05) is 6.92 Å². The molecule has 2 N–H and O–H groups in total. The summed E-state index contributed by atoms with van der Waals surface area (Å²) in [7, 11) is 0. The Morgan fingerprint density at radius 2 is 1.96 bits per heavy atom. The van der Waals surface area contributed by atoms with Crippen LogP contribution in [0.2, 0.25) is 0 Å². The van der Waals surface area contributed by atoms with Crippen LogP contribution in [0.15, 0.2) is 18.2 Å². The van der Waals surface area contributed by atoms with Crippen molar-refractivity contribution in [2.75, 3.05) is 18.4 Å². The second kappa shape index (κ2) is 6.66. The molecule has 0 saturated carbocycles. The van der Waals surface area contributed by atoms with Crippen molar-refractivity contribution in [3.8, 4) is 0 Å². The van der Waals surface area contributed by atoms with Crippen molar-refractivity contribution in [1.29, 1.82) is 0 Å². The zero-order valence-corrected chi connectivity index (χ0v) is 12.7. The molecule has 1 fully saturated rings. The number of rotatable bonds is 2. The normalized spacial score (nSPS) is 21.5. The van der Waals surface area contributed by atoms with Gasteiger partial charge in [-0.2, -0.15) is 13.2 Å². The Morgan fingerprint density at radius 1 is 1.29 bits per heavy atom. The van der Waals surface area contributed by atoms with E-state index < -0.39 is 41.2 Å². The lowest BCUT2D eigenvalue weighted by Crippen LogP contribution is -2.47. The van der Waals surface area contributed by atoms with Gasteiger partial charge in [0.15, 0.2) is 0 Å². The van der Waals surface area contributed by atoms with Crippen LogP contribution in [0.3, 0.4) is 0 Å². The molecule has 2 amide bonds. The fraction of sp³-hybridized carbons (Fsp3) is 0.467. The van der Waals surface area contributed by atoms with Gasteiger partial charge in [-0.05, 0) is 30.5 Å². The number of piperidine rings is 1. The number of carbonyl (C=O) groups is 2. The number of nitrogens with zero attached hydrogens (tertiary/aromatic N) is 1. The van der Waals surface area contributed by atoms with E-state index in [9.17, 15) is 27.2 Å². The molecule has 1 aliphatic rings. The van der Waals surface area contributed by atoms with Gasteiger partial charge in [-0.15, -0.1) is 0 Å². The number of hydrogen-bond acceptors (Lipinski definition) is 2. The first-order valence-corrected chi connectivity index (χ1v) is 7.23. The van der Waals surface area contributed by atoms with Gasteiger partial charge in [0, 0.05) is 13.1 Å². The van der Waals surface area contributed by atoms with Gasteiger partial charge in [-0.3, -0.25) is 4.79 Å². The average Bonchev–Trinajstić information content (AvgIpc) is 2.47. The largest absolute Gasteiger partial charge is 0.481 e. The number of carboxylic acids is 1. The van der Waals surface area contributed by atoms with Crippen molar-refractivity contribution in [2.24, 2.45) is 11.8 Å². The number of carboxylic acid groups (broad SMARTS) is 1. The Morgan fingerprint density at radius 3 is 2.54 bits per heavy atom. The molecule has 132 valence electrons. The molecule has 5 nitrogen and oxygen atoms in total. The van der Waals surface area contributed by atoms with Crippen molar-refractivity contribution in [3.63, 3.8) is 0 Å². The van der Waals surface area contributed by atoms with Crippen LogP contribution in [0.4, 0.5) is 28.0 Å². The molecule has 1 saturated heterocycles. The molecule has 1 aliphatic heterocycles. The summed E-state index contributed by atoms with van der Waals surface area (Å²) in [5.74, 6) is -2.90. The fourth-order valence-corrected chi connectivity index (χ4v) is 2.69. The van der Waals surface area contributed by atoms with Crippen LogP contribution in [-0.4, -0.2) is 35.1 Å². The lowest BCUT2D eigenvalue weighted by atomic mass is 9.91. The molecule has 0 spiro atoms. The summed E-state index contributed by atoms with van der Waals surface area (Å²) in [5, 5.41) is 11.2. The number of alkyl halides is 3. The first-order chi connectivity index (χ1) is 11.1. The van der Waals surface area contributed by atoms with Gasteiger partial charge in [0.05, 0.1) is 17.2 Å². The molecule has 0 aliphatic carbocycles. The summed E-state index contributed by atoms with van der Waals surface area (Å²) in [6, 6.07) is 0.882. The van der Waals surface area contributed by atoms with Crippen molar-refractivity contribution in [3.05, 3.63) is 29.6 Å². The first kappa shape index (κ1) is 18.0. The highest BCUT2D eigenvalue weighted by molar-refractivity contribution is 5.90. The predicted molar refractivity (Wildman–Crippen MR) is 76.9 cm³/mol. The van der Waals surface area contributed by atoms with Crippen LogP contribution in [0.25, 0.3) is 0 Å². The lowest BCUT2D eigenvalue weighted by Gasteiger charge is -2.34. The Kier molecular flexibility index (Phi) is 5.00. The summed E-state index contributed by atoms with van der Waals surface area (Å²) in [4.78, 5) is 24.4. The number of benzene rings is 1. The van der Waals surface area contributed by atoms with Gasteiger partial charge >= 0.3 is 18.2 Å². The molecule has 0 aromatic heterocycles. The Labute approximate surface area is 135 Å². The highest BCUT2D eigenvalue weighted by Gasteiger charge is 2.33. The van der Waals surface area contributed by atoms with Gasteiger partial charge in [-0.25, -0.2) is 9.18 Å². The van der Waals surface area contributed by atoms with Crippen LogP contribution in [0, 0.1) is 17.7 Å². The monoisotopic (exact) mass is 348 g/mol. The van der Waals surface area contributed by atoms with Crippen LogP contribution in [-0.2, 0) is 11.0 Å². The Hall–Kier alpha value is -2.32. The maximum absolute atomic E-state index is 13.7. The van der Waals surface area contributed by atoms with Crippen LogP contribution >= 0.6 is 0 Å². The molecule has 9 heteroatoms. The van der Waals surface area contributed by atoms with Crippen LogP contribution in [0.5, 0.6) is 0 Å². The smallest absolute Gasteiger partial charge is 0.416 e. The number of urea groups is 1. The third-order valence-electron chi connectivity index (χ3n) is 3.83. The van der Waals surface area contributed by atoms with E-state index in [1.165, 1.54) is 4.90 Å². The highest BCUT2D eigenvalue weighted by atomic mass is 19.4. The quantitative estimate of drug-likeness (QED) is 0.805. The number of nitrogens with one attached hydrogen (secondary N) is 1. The van der Waals surface area contributed by atoms with Crippen LogP contribution < -0.4 is 5.32 Å². The molecule has 1 aromatic carbocycles. The van der Waals surface area contributed by atoms with Crippen molar-refractivity contribution in [2.45, 2.75) is 19.5 Å². The summed E-state index contributed by atoms with van der Waals surface area (Å²) in [6.45, 7) is 1.93. The third-order valence-corrected chi connectivity index (χ3v) is 3.83. The van der Waals surface area contributed by atoms with E-state index in [0.717, 1.165) is 0 Å². The zero-order chi connectivity index (χ0) is 18.1. The van der Waals surface area contributed by atoms with Crippen molar-refractivity contribution in [1.82, 2.24) is 4.90 Å². The molecule has 1 aromatic rings. The molecule has 0 radical (unpaired) electrons. The third kappa shape index (κ3) is 4.15. The molecule has 1 heterocycles. The molecular formula is C15H16F4N2O3. The van der Waals surface area contributed by atoms with Crippen molar-refractivity contribution < 1.29 is 32.3 Å². The number of halogens is 4. The van der Waals surface area contributed by atoms with E-state index in [2.05, 4.69) is 5.32 Å². The van der Waals surface area contributed by atoms with Crippen molar-refractivity contribution >= 4 is 17.7 Å². The number of amides is 2. The minimum Gasteiger partial charge on any atom is -0.481 e. The average molecular weight is 348 g/mol. The van der Waals surface area contributed by atoms with Gasteiger partial charge in [0.2, 0.25) is 0 Å². The molecule has 2 rings (SSSR count). The van der Waals surface area contributed by atoms with Gasteiger partial charge < -0.3 is 15.3 Å². The number of aliphatic carboxylic acids is 1. The summed E-state index contributed by atoms with van der Waals surface area (Å²) >= 11 is 0. The Bertz CT molecular complexity index is 648. The molecule has 2 unspecified atom stereocenters. The number of anilines is 1. The lowest BCUT2D eigenvalue weighted by molar-refractivity contribution is -0.143. The zero-order valence-electron chi connectivity index (χ0n) is 12.7. The topological polar surface area (TPSA) is 69.6 Å². The minimum absolute atomic E-state index is 0.0773. The second-order valence-electron chi connectivity index (χ2n) is 5.90. The molecule has 2 atom stereocenters. The molecular weight excluding hydrogens is 332 g/mol. The number of likely N-dealkylation sites (tertiary alicyclic amines) is 1. The van der Waals surface area contributed by atoms with E-state index in [0.29, 0.717) is 24.6 Å². The minimum atomic E-state index is -4.67. The van der Waals surface area contributed by atoms with E-state index in [-0.39, 0.29) is 19.0 Å².